The van der Waals surface area contributed by atoms with Gasteiger partial charge in [0.15, 0.2) is 0 Å². The molecule has 0 aromatic heterocycles. The molecule has 0 spiro atoms. The Kier molecular flexibility index (Phi) is 8.51. The van der Waals surface area contributed by atoms with Gasteiger partial charge in [0.25, 0.3) is 0 Å². The number of rotatable bonds is 9. The number of halogens is 5. The minimum atomic E-state index is -2.96. The summed E-state index contributed by atoms with van der Waals surface area (Å²) < 4.78 is 77.8. The van der Waals surface area contributed by atoms with E-state index in [-0.39, 0.29) is 18.0 Å². The fourth-order valence-electron chi connectivity index (χ4n) is 4.27. The van der Waals surface area contributed by atoms with Crippen LogP contribution in [0.4, 0.5) is 32.4 Å². The summed E-state index contributed by atoms with van der Waals surface area (Å²) in [7, 11) is 0. The molecular formula is C30H22F5N3O4. The molecule has 0 aliphatic carbocycles. The Morgan fingerprint density at radius 2 is 1.24 bits per heavy atom. The minimum Gasteiger partial charge on any atom is -0.457 e. The number of ether oxygens (including phenoxy) is 3. The van der Waals surface area contributed by atoms with E-state index in [9.17, 15) is 26.7 Å². The quantitative estimate of drug-likeness (QED) is 0.204. The van der Waals surface area contributed by atoms with E-state index in [0.717, 1.165) is 0 Å². The van der Waals surface area contributed by atoms with Gasteiger partial charge in [-0.2, -0.15) is 22.7 Å². The van der Waals surface area contributed by atoms with Gasteiger partial charge in [0.05, 0.1) is 12.3 Å². The number of hydrogen-bond acceptors (Lipinski definition) is 5. The monoisotopic (exact) mass is 583 g/mol. The van der Waals surface area contributed by atoms with E-state index < -0.39 is 31.0 Å². The van der Waals surface area contributed by atoms with Crippen LogP contribution >= 0.6 is 0 Å². The molecule has 1 aliphatic heterocycles. The molecule has 4 aromatic carbocycles. The largest absolute Gasteiger partial charge is 0.457 e. The number of hydrogen-bond donors (Lipinski definition) is 1. The minimum absolute atomic E-state index is 0.00239. The fraction of sp³-hybridized carbons (Fsp3) is 0.133. The zero-order valence-corrected chi connectivity index (χ0v) is 21.6. The molecule has 0 bridgehead atoms. The second kappa shape index (κ2) is 12.6. The van der Waals surface area contributed by atoms with Crippen LogP contribution in [0.3, 0.4) is 0 Å². The molecule has 12 heteroatoms. The van der Waals surface area contributed by atoms with Crippen molar-refractivity contribution in [1.82, 2.24) is 5.01 Å². The van der Waals surface area contributed by atoms with E-state index in [4.69, 9.17) is 4.74 Å². The molecular weight excluding hydrogens is 561 g/mol. The maximum absolute atomic E-state index is 13.6. The van der Waals surface area contributed by atoms with Crippen LogP contribution in [0.5, 0.6) is 23.0 Å². The molecule has 7 nitrogen and oxygen atoms in total. The van der Waals surface area contributed by atoms with Gasteiger partial charge in [-0.05, 0) is 96.1 Å². The maximum Gasteiger partial charge on any atom is 0.387 e. The summed E-state index contributed by atoms with van der Waals surface area (Å²) in [5, 5.41) is 8.49. The van der Waals surface area contributed by atoms with Crippen LogP contribution in [-0.4, -0.2) is 36.5 Å². The van der Waals surface area contributed by atoms with E-state index in [1.165, 1.54) is 53.5 Å². The highest BCUT2D eigenvalue weighted by atomic mass is 19.3. The predicted molar refractivity (Wildman–Crippen MR) is 144 cm³/mol. The van der Waals surface area contributed by atoms with Crippen molar-refractivity contribution in [2.45, 2.75) is 19.1 Å². The summed E-state index contributed by atoms with van der Waals surface area (Å²) in [5.74, 6) is -0.0105. The van der Waals surface area contributed by atoms with Crippen LogP contribution in [-0.2, 0) is 0 Å². The van der Waals surface area contributed by atoms with Crippen molar-refractivity contribution >= 4 is 17.4 Å². The Balaban J connectivity index is 1.28. The van der Waals surface area contributed by atoms with Crippen LogP contribution in [0.1, 0.15) is 17.0 Å². The number of nitrogens with zero attached hydrogens (tertiary/aromatic N) is 2. The van der Waals surface area contributed by atoms with E-state index in [1.807, 2.05) is 0 Å². The predicted octanol–water partition coefficient (Wildman–Crippen LogP) is 7.86. The highest BCUT2D eigenvalue weighted by Gasteiger charge is 2.32. The number of carbonyl (C=O) groups excluding carboxylic acids is 1. The molecule has 4 aromatic rings. The average Bonchev–Trinajstić information content (AvgIpc) is 3.41. The van der Waals surface area contributed by atoms with E-state index >= 15 is 0 Å². The number of amides is 2. The van der Waals surface area contributed by atoms with Crippen molar-refractivity contribution in [3.8, 4) is 23.0 Å². The molecule has 0 radical (unpaired) electrons. The third-order valence-electron chi connectivity index (χ3n) is 6.19. The third-order valence-corrected chi connectivity index (χ3v) is 6.19. The van der Waals surface area contributed by atoms with Gasteiger partial charge >= 0.3 is 19.3 Å². The van der Waals surface area contributed by atoms with Gasteiger partial charge in [-0.15, -0.1) is 0 Å². The highest BCUT2D eigenvalue weighted by Crippen LogP contribution is 2.31. The molecule has 1 unspecified atom stereocenters. The number of anilines is 1. The number of alkyl halides is 4. The van der Waals surface area contributed by atoms with Crippen molar-refractivity contribution in [1.29, 1.82) is 0 Å². The second-order valence-electron chi connectivity index (χ2n) is 8.98. The molecule has 0 saturated heterocycles. The Morgan fingerprint density at radius 1 is 0.738 bits per heavy atom. The zero-order valence-electron chi connectivity index (χ0n) is 21.6. The van der Waals surface area contributed by atoms with Gasteiger partial charge in [-0.25, -0.2) is 14.2 Å². The van der Waals surface area contributed by atoms with Crippen LogP contribution in [0.15, 0.2) is 102 Å². The van der Waals surface area contributed by atoms with Gasteiger partial charge in [-0.3, -0.25) is 0 Å². The lowest BCUT2D eigenvalue weighted by molar-refractivity contribution is -0.0505. The molecule has 1 heterocycles. The summed E-state index contributed by atoms with van der Waals surface area (Å²) in [4.78, 5) is 13.1. The van der Waals surface area contributed by atoms with Crippen molar-refractivity contribution in [3.05, 3.63) is 114 Å². The van der Waals surface area contributed by atoms with E-state index in [2.05, 4.69) is 19.9 Å². The Labute approximate surface area is 236 Å². The lowest BCUT2D eigenvalue weighted by Crippen LogP contribution is -2.30. The molecule has 1 atom stereocenters. The summed E-state index contributed by atoms with van der Waals surface area (Å²) in [6, 6.07) is 23.3. The van der Waals surface area contributed by atoms with Crippen molar-refractivity contribution in [2.75, 3.05) is 11.9 Å². The van der Waals surface area contributed by atoms with Gasteiger partial charge in [0, 0.05) is 11.6 Å². The first kappa shape index (κ1) is 28.4. The average molecular weight is 584 g/mol. The van der Waals surface area contributed by atoms with Gasteiger partial charge in [0.2, 0.25) is 0 Å². The second-order valence-corrected chi connectivity index (χ2v) is 8.98. The lowest BCUT2D eigenvalue weighted by Gasteiger charge is -2.16. The topological polar surface area (TPSA) is 72.4 Å². The molecule has 0 saturated carbocycles. The van der Waals surface area contributed by atoms with E-state index in [0.29, 0.717) is 34.0 Å². The van der Waals surface area contributed by atoms with Gasteiger partial charge < -0.3 is 19.5 Å². The zero-order chi connectivity index (χ0) is 29.6. The SMILES string of the molecule is O=C(Nc1ccc(Oc2ccc(OC(F)F)cc2)cc1)N1CC(c2ccc(F)cc2)C(c2ccc(OC(F)F)cc2)=N1. The molecule has 2 amide bonds. The Bertz CT molecular complexity index is 1530. The number of carbonyl (C=O) groups is 1. The molecule has 0 fully saturated rings. The van der Waals surface area contributed by atoms with Crippen molar-refractivity contribution in [3.63, 3.8) is 0 Å². The van der Waals surface area contributed by atoms with Crippen LogP contribution in [0.2, 0.25) is 0 Å². The first-order chi connectivity index (χ1) is 20.2. The van der Waals surface area contributed by atoms with Crippen LogP contribution < -0.4 is 19.5 Å². The first-order valence-corrected chi connectivity index (χ1v) is 12.5. The first-order valence-electron chi connectivity index (χ1n) is 12.5. The number of nitrogens with one attached hydrogen (secondary N) is 1. The number of urea groups is 1. The maximum atomic E-state index is 13.6. The molecule has 1 N–H and O–H groups in total. The van der Waals surface area contributed by atoms with Crippen molar-refractivity contribution in [2.24, 2.45) is 5.10 Å². The van der Waals surface area contributed by atoms with Crippen molar-refractivity contribution < 1.29 is 41.0 Å². The van der Waals surface area contributed by atoms with Crippen LogP contribution in [0.25, 0.3) is 0 Å². The fourth-order valence-corrected chi connectivity index (χ4v) is 4.27. The third kappa shape index (κ3) is 7.14. The molecule has 1 aliphatic rings. The van der Waals surface area contributed by atoms with Gasteiger partial charge in [0.1, 0.15) is 28.8 Å². The smallest absolute Gasteiger partial charge is 0.387 e. The van der Waals surface area contributed by atoms with E-state index in [1.54, 1.807) is 48.5 Å². The molecule has 216 valence electrons. The van der Waals surface area contributed by atoms with Gasteiger partial charge in [-0.1, -0.05) is 12.1 Å². The Hall–Kier alpha value is -5.13. The summed E-state index contributed by atoms with van der Waals surface area (Å²) >= 11 is 0. The molecule has 5 rings (SSSR count). The summed E-state index contributed by atoms with van der Waals surface area (Å²) in [6.07, 6.45) is 0. The standard InChI is InChI=1S/C30H22F5N3O4/c31-20-5-1-18(2-6-20)26-17-38(37-27(26)19-3-9-24(10-4-19)41-28(32)33)30(39)36-21-7-11-22(12-8-21)40-23-13-15-25(16-14-23)42-29(34)35/h1-16,26,28-29H,17H2,(H,36,39). The summed E-state index contributed by atoms with van der Waals surface area (Å²) in [5.41, 5.74) is 2.24. The number of benzene rings is 4. The normalized spacial score (nSPS) is 14.6. The number of hydrazone groups is 1. The lowest BCUT2D eigenvalue weighted by atomic mass is 9.90. The Morgan fingerprint density at radius 3 is 1.79 bits per heavy atom. The van der Waals surface area contributed by atoms with Crippen LogP contribution in [0, 0.1) is 5.82 Å². The molecule has 42 heavy (non-hydrogen) atoms. The highest BCUT2D eigenvalue weighted by molar-refractivity contribution is 6.08. The summed E-state index contributed by atoms with van der Waals surface area (Å²) in [6.45, 7) is -5.74.